The van der Waals surface area contributed by atoms with Gasteiger partial charge in [-0.3, -0.25) is 4.79 Å². The SMILES string of the molecule is CCOC(=O)c1c(NC(=O)/C(C#N)=C\c2ccc(OC)cc2)sc(C)c1C. The maximum Gasteiger partial charge on any atom is 0.341 e. The Bertz CT molecular complexity index is 921. The van der Waals surface area contributed by atoms with Crippen LogP contribution in [0.25, 0.3) is 6.08 Å². The molecule has 0 unspecified atom stereocenters. The average molecular weight is 384 g/mol. The second-order valence-corrected chi connectivity index (χ2v) is 6.83. The van der Waals surface area contributed by atoms with E-state index in [1.165, 1.54) is 17.4 Å². The van der Waals surface area contributed by atoms with E-state index >= 15 is 0 Å². The van der Waals surface area contributed by atoms with Gasteiger partial charge in [0.1, 0.15) is 22.4 Å². The predicted molar refractivity (Wildman–Crippen MR) is 105 cm³/mol. The van der Waals surface area contributed by atoms with Crippen molar-refractivity contribution in [3.63, 3.8) is 0 Å². The zero-order valence-electron chi connectivity index (χ0n) is 15.6. The largest absolute Gasteiger partial charge is 0.497 e. The van der Waals surface area contributed by atoms with Gasteiger partial charge in [0, 0.05) is 4.88 Å². The Morgan fingerprint density at radius 1 is 1.26 bits per heavy atom. The minimum Gasteiger partial charge on any atom is -0.497 e. The van der Waals surface area contributed by atoms with Crippen molar-refractivity contribution in [2.75, 3.05) is 19.0 Å². The van der Waals surface area contributed by atoms with Gasteiger partial charge in [-0.25, -0.2) is 4.79 Å². The van der Waals surface area contributed by atoms with Crippen LogP contribution in [0.3, 0.4) is 0 Å². The number of carbonyl (C=O) groups is 2. The van der Waals surface area contributed by atoms with E-state index in [1.54, 1.807) is 45.2 Å². The van der Waals surface area contributed by atoms with Gasteiger partial charge in [0.05, 0.1) is 19.3 Å². The van der Waals surface area contributed by atoms with Crippen molar-refractivity contribution in [1.29, 1.82) is 5.26 Å². The van der Waals surface area contributed by atoms with E-state index < -0.39 is 11.9 Å². The molecular formula is C20H20N2O4S. The molecule has 1 heterocycles. The zero-order valence-corrected chi connectivity index (χ0v) is 16.4. The molecule has 0 spiro atoms. The monoisotopic (exact) mass is 384 g/mol. The van der Waals surface area contributed by atoms with E-state index in [1.807, 2.05) is 13.0 Å². The standard InChI is InChI=1S/C20H20N2O4S/c1-5-26-20(24)17-12(2)13(3)27-19(17)22-18(23)15(11-21)10-14-6-8-16(25-4)9-7-14/h6-10H,5H2,1-4H3,(H,22,23)/b15-10-. The second kappa shape index (κ2) is 9.01. The van der Waals surface area contributed by atoms with Gasteiger partial charge in [0.15, 0.2) is 0 Å². The smallest absolute Gasteiger partial charge is 0.341 e. The van der Waals surface area contributed by atoms with E-state index in [4.69, 9.17) is 9.47 Å². The highest BCUT2D eigenvalue weighted by atomic mass is 32.1. The lowest BCUT2D eigenvalue weighted by molar-refractivity contribution is -0.112. The number of anilines is 1. The van der Waals surface area contributed by atoms with Crippen LogP contribution in [-0.4, -0.2) is 25.6 Å². The Balaban J connectivity index is 2.29. The first kappa shape index (κ1) is 20.2. The summed E-state index contributed by atoms with van der Waals surface area (Å²) in [5.74, 6) is -0.397. The number of nitriles is 1. The lowest BCUT2D eigenvalue weighted by atomic mass is 10.1. The number of amides is 1. The molecule has 0 radical (unpaired) electrons. The molecule has 140 valence electrons. The number of carbonyl (C=O) groups excluding carboxylic acids is 2. The van der Waals surface area contributed by atoms with E-state index in [0.717, 1.165) is 10.4 Å². The minimum atomic E-state index is -0.583. The summed E-state index contributed by atoms with van der Waals surface area (Å²) in [6.45, 7) is 5.61. The van der Waals surface area contributed by atoms with Crippen LogP contribution in [0.4, 0.5) is 5.00 Å². The predicted octanol–water partition coefficient (Wildman–Crippen LogP) is 4.10. The summed E-state index contributed by atoms with van der Waals surface area (Å²) < 4.78 is 10.2. The summed E-state index contributed by atoms with van der Waals surface area (Å²) in [7, 11) is 1.56. The lowest BCUT2D eigenvalue weighted by Gasteiger charge is -2.07. The third-order valence-electron chi connectivity index (χ3n) is 3.88. The number of rotatable bonds is 6. The van der Waals surface area contributed by atoms with Gasteiger partial charge in [-0.15, -0.1) is 11.3 Å². The van der Waals surface area contributed by atoms with Crippen LogP contribution in [0.5, 0.6) is 5.75 Å². The van der Waals surface area contributed by atoms with Gasteiger partial charge in [0.2, 0.25) is 0 Å². The van der Waals surface area contributed by atoms with Gasteiger partial charge < -0.3 is 14.8 Å². The first-order chi connectivity index (χ1) is 12.9. The molecule has 27 heavy (non-hydrogen) atoms. The first-order valence-electron chi connectivity index (χ1n) is 8.25. The maximum atomic E-state index is 12.6. The number of hydrogen-bond donors (Lipinski definition) is 1. The van der Waals surface area contributed by atoms with E-state index in [0.29, 0.717) is 21.9 Å². The maximum absolute atomic E-state index is 12.6. The molecule has 2 rings (SSSR count). The quantitative estimate of drug-likeness (QED) is 0.460. The van der Waals surface area contributed by atoms with Gasteiger partial charge in [-0.2, -0.15) is 5.26 Å². The van der Waals surface area contributed by atoms with Gasteiger partial charge in [0.25, 0.3) is 5.91 Å². The molecule has 1 amide bonds. The van der Waals surface area contributed by atoms with Crippen molar-refractivity contribution in [3.05, 3.63) is 51.4 Å². The first-order valence-corrected chi connectivity index (χ1v) is 9.07. The molecule has 6 nitrogen and oxygen atoms in total. The normalized spacial score (nSPS) is 10.9. The number of thiophene rings is 1. The molecule has 0 aliphatic rings. The Kier molecular flexibility index (Phi) is 6.74. The Hall–Kier alpha value is -3.11. The molecule has 0 bridgehead atoms. The highest BCUT2D eigenvalue weighted by Crippen LogP contribution is 2.33. The van der Waals surface area contributed by atoms with E-state index in [-0.39, 0.29) is 12.2 Å². The molecule has 2 aromatic rings. The van der Waals surface area contributed by atoms with Crippen LogP contribution in [-0.2, 0) is 9.53 Å². The number of nitrogens with zero attached hydrogens (tertiary/aromatic N) is 1. The zero-order chi connectivity index (χ0) is 20.0. The van der Waals surface area contributed by atoms with Crippen molar-refractivity contribution in [3.8, 4) is 11.8 Å². The summed E-state index contributed by atoms with van der Waals surface area (Å²) in [6, 6.07) is 8.87. The molecule has 1 aromatic carbocycles. The van der Waals surface area contributed by atoms with Crippen LogP contribution < -0.4 is 10.1 Å². The van der Waals surface area contributed by atoms with Crippen molar-refractivity contribution >= 4 is 34.3 Å². The molecule has 0 aliphatic carbocycles. The highest BCUT2D eigenvalue weighted by molar-refractivity contribution is 7.16. The highest BCUT2D eigenvalue weighted by Gasteiger charge is 2.23. The molecular weight excluding hydrogens is 364 g/mol. The molecule has 0 aliphatic heterocycles. The van der Waals surface area contributed by atoms with Crippen LogP contribution in [0.2, 0.25) is 0 Å². The Morgan fingerprint density at radius 2 is 1.93 bits per heavy atom. The fourth-order valence-corrected chi connectivity index (χ4v) is 3.39. The number of hydrogen-bond acceptors (Lipinski definition) is 6. The van der Waals surface area contributed by atoms with Crippen molar-refractivity contribution < 1.29 is 19.1 Å². The fourth-order valence-electron chi connectivity index (χ4n) is 2.35. The van der Waals surface area contributed by atoms with E-state index in [2.05, 4.69) is 5.32 Å². The summed E-state index contributed by atoms with van der Waals surface area (Å²) in [5.41, 5.74) is 1.70. The second-order valence-electron chi connectivity index (χ2n) is 5.60. The fraction of sp³-hybridized carbons (Fsp3) is 0.250. The third kappa shape index (κ3) is 4.74. The summed E-state index contributed by atoms with van der Waals surface area (Å²) in [6.07, 6.45) is 1.48. The van der Waals surface area contributed by atoms with E-state index in [9.17, 15) is 14.9 Å². The third-order valence-corrected chi connectivity index (χ3v) is 5.01. The number of esters is 1. The number of ether oxygens (including phenoxy) is 2. The number of methoxy groups -OCH3 is 1. The number of benzene rings is 1. The van der Waals surface area contributed by atoms with Crippen molar-refractivity contribution in [1.82, 2.24) is 0 Å². The average Bonchev–Trinajstić information content (AvgIpc) is 2.93. The molecule has 1 aromatic heterocycles. The molecule has 0 atom stereocenters. The van der Waals surface area contributed by atoms with Crippen LogP contribution in [0, 0.1) is 25.2 Å². The minimum absolute atomic E-state index is 0.0707. The number of nitrogens with one attached hydrogen (secondary N) is 1. The van der Waals surface area contributed by atoms with Crippen LogP contribution >= 0.6 is 11.3 Å². The van der Waals surface area contributed by atoms with Crippen LogP contribution in [0.15, 0.2) is 29.8 Å². The lowest BCUT2D eigenvalue weighted by Crippen LogP contribution is -2.16. The summed E-state index contributed by atoms with van der Waals surface area (Å²) >= 11 is 1.28. The molecule has 0 saturated heterocycles. The van der Waals surface area contributed by atoms with Crippen molar-refractivity contribution in [2.24, 2.45) is 0 Å². The Morgan fingerprint density at radius 3 is 2.48 bits per heavy atom. The molecule has 7 heteroatoms. The topological polar surface area (TPSA) is 88.4 Å². The Labute approximate surface area is 162 Å². The molecule has 0 saturated carbocycles. The molecule has 1 N–H and O–H groups in total. The van der Waals surface area contributed by atoms with Gasteiger partial charge >= 0.3 is 5.97 Å². The van der Waals surface area contributed by atoms with Gasteiger partial charge in [-0.05, 0) is 50.1 Å². The molecule has 0 fully saturated rings. The van der Waals surface area contributed by atoms with Crippen molar-refractivity contribution in [2.45, 2.75) is 20.8 Å². The van der Waals surface area contributed by atoms with Crippen LogP contribution in [0.1, 0.15) is 33.3 Å². The number of aryl methyl sites for hydroxylation is 1. The van der Waals surface area contributed by atoms with Gasteiger partial charge in [-0.1, -0.05) is 12.1 Å². The summed E-state index contributed by atoms with van der Waals surface area (Å²) in [4.78, 5) is 25.7. The summed E-state index contributed by atoms with van der Waals surface area (Å²) in [5, 5.41) is 12.4.